The molecule has 1 aliphatic rings. The van der Waals surface area contributed by atoms with E-state index in [2.05, 4.69) is 6.58 Å². The van der Waals surface area contributed by atoms with Crippen LogP contribution in [0.4, 0.5) is 0 Å². The summed E-state index contributed by atoms with van der Waals surface area (Å²) in [6, 6.07) is 0. The van der Waals surface area contributed by atoms with Crippen molar-refractivity contribution in [2.24, 2.45) is 0 Å². The fourth-order valence-electron chi connectivity index (χ4n) is 1.05. The van der Waals surface area contributed by atoms with Crippen LogP contribution in [0.1, 0.15) is 13.8 Å². The van der Waals surface area contributed by atoms with Crippen molar-refractivity contribution in [3.05, 3.63) is 12.7 Å². The number of ether oxygens (including phenoxy) is 2. The van der Waals surface area contributed by atoms with Crippen molar-refractivity contribution in [2.45, 2.75) is 31.8 Å². The molecule has 1 saturated heterocycles. The molecule has 0 N–H and O–H groups in total. The third kappa shape index (κ3) is 1.58. The molecule has 1 aliphatic heterocycles. The van der Waals surface area contributed by atoms with Gasteiger partial charge in [-0.15, -0.1) is 18.2 Å². The topological polar surface area (TPSA) is 18.5 Å². The van der Waals surface area contributed by atoms with Gasteiger partial charge in [-0.05, 0) is 13.8 Å². The first kappa shape index (κ1) is 9.04. The quantitative estimate of drug-likeness (QED) is 0.473. The van der Waals surface area contributed by atoms with Crippen LogP contribution in [0.25, 0.3) is 0 Å². The smallest absolute Gasteiger partial charge is 0.172 e. The maximum Gasteiger partial charge on any atom is 0.172 e. The molecule has 0 aliphatic carbocycles. The summed E-state index contributed by atoms with van der Waals surface area (Å²) >= 11 is 5.57. The Morgan fingerprint density at radius 3 is 2.64 bits per heavy atom. The first-order valence-electron chi connectivity index (χ1n) is 3.65. The van der Waals surface area contributed by atoms with Crippen LogP contribution in [0.3, 0.4) is 0 Å². The van der Waals surface area contributed by atoms with Gasteiger partial charge < -0.3 is 9.47 Å². The third-order valence-electron chi connectivity index (χ3n) is 2.08. The number of hydrogen-bond acceptors (Lipinski definition) is 2. The van der Waals surface area contributed by atoms with Crippen LogP contribution in [0.5, 0.6) is 0 Å². The van der Waals surface area contributed by atoms with Crippen LogP contribution in [-0.2, 0) is 9.47 Å². The van der Waals surface area contributed by atoms with Gasteiger partial charge in [0.05, 0.1) is 12.0 Å². The van der Waals surface area contributed by atoms with Gasteiger partial charge in [0.15, 0.2) is 6.29 Å². The Bertz CT molecular complexity index is 160. The van der Waals surface area contributed by atoms with E-state index in [4.69, 9.17) is 21.1 Å². The second kappa shape index (κ2) is 3.13. The van der Waals surface area contributed by atoms with E-state index < -0.39 is 0 Å². The SMILES string of the molecule is C=CC1(C)OC(CCl)OC1C. The Morgan fingerprint density at radius 2 is 2.36 bits per heavy atom. The molecule has 1 fully saturated rings. The minimum absolute atomic E-state index is 0.0312. The van der Waals surface area contributed by atoms with Crippen molar-refractivity contribution in [3.63, 3.8) is 0 Å². The fraction of sp³-hybridized carbons (Fsp3) is 0.750. The van der Waals surface area contributed by atoms with Crippen molar-refractivity contribution < 1.29 is 9.47 Å². The number of rotatable bonds is 2. The van der Waals surface area contributed by atoms with E-state index >= 15 is 0 Å². The number of alkyl halides is 1. The highest BCUT2D eigenvalue weighted by Crippen LogP contribution is 2.30. The minimum Gasteiger partial charge on any atom is -0.345 e. The molecular weight excluding hydrogens is 164 g/mol. The third-order valence-corrected chi connectivity index (χ3v) is 2.33. The molecule has 1 heterocycles. The highest BCUT2D eigenvalue weighted by atomic mass is 35.5. The maximum absolute atomic E-state index is 5.57. The van der Waals surface area contributed by atoms with Crippen molar-refractivity contribution in [1.82, 2.24) is 0 Å². The summed E-state index contributed by atoms with van der Waals surface area (Å²) in [6.45, 7) is 7.58. The lowest BCUT2D eigenvalue weighted by atomic mass is 10.0. The monoisotopic (exact) mass is 176 g/mol. The lowest BCUT2D eigenvalue weighted by Crippen LogP contribution is -2.31. The molecule has 64 valence electrons. The van der Waals surface area contributed by atoms with Gasteiger partial charge in [-0.25, -0.2) is 0 Å². The molecule has 3 unspecified atom stereocenters. The molecule has 3 atom stereocenters. The van der Waals surface area contributed by atoms with Crippen molar-refractivity contribution in [3.8, 4) is 0 Å². The molecule has 2 nitrogen and oxygen atoms in total. The van der Waals surface area contributed by atoms with Crippen LogP contribution in [0.2, 0.25) is 0 Å². The summed E-state index contributed by atoms with van der Waals surface area (Å²) in [4.78, 5) is 0. The summed E-state index contributed by atoms with van der Waals surface area (Å²) < 4.78 is 10.9. The van der Waals surface area contributed by atoms with Gasteiger partial charge in [-0.2, -0.15) is 0 Å². The largest absolute Gasteiger partial charge is 0.345 e. The Labute approximate surface area is 72.1 Å². The molecule has 0 radical (unpaired) electrons. The van der Waals surface area contributed by atoms with Gasteiger partial charge in [0.25, 0.3) is 0 Å². The van der Waals surface area contributed by atoms with Gasteiger partial charge in [0.1, 0.15) is 5.60 Å². The van der Waals surface area contributed by atoms with Gasteiger partial charge in [0, 0.05) is 0 Å². The first-order valence-corrected chi connectivity index (χ1v) is 4.18. The van der Waals surface area contributed by atoms with E-state index in [0.717, 1.165) is 0 Å². The second-order valence-corrected chi connectivity index (χ2v) is 3.18. The van der Waals surface area contributed by atoms with Gasteiger partial charge >= 0.3 is 0 Å². The molecule has 3 heteroatoms. The average molecular weight is 177 g/mol. The highest BCUT2D eigenvalue weighted by Gasteiger charge is 2.40. The second-order valence-electron chi connectivity index (χ2n) is 2.87. The van der Waals surface area contributed by atoms with Crippen LogP contribution in [0, 0.1) is 0 Å². The maximum atomic E-state index is 5.57. The first-order chi connectivity index (χ1) is 5.12. The van der Waals surface area contributed by atoms with Gasteiger partial charge in [0.2, 0.25) is 0 Å². The van der Waals surface area contributed by atoms with Crippen molar-refractivity contribution >= 4 is 11.6 Å². The minimum atomic E-state index is -0.375. The zero-order chi connectivity index (χ0) is 8.48. The van der Waals surface area contributed by atoms with Crippen molar-refractivity contribution in [1.29, 1.82) is 0 Å². The summed E-state index contributed by atoms with van der Waals surface area (Å²) in [5.74, 6) is 0.369. The Morgan fingerprint density at radius 1 is 1.73 bits per heavy atom. The molecule has 0 bridgehead atoms. The Hall–Kier alpha value is -0.0500. The molecular formula is C8H13ClO2. The van der Waals surface area contributed by atoms with E-state index in [0.29, 0.717) is 5.88 Å². The van der Waals surface area contributed by atoms with E-state index in [9.17, 15) is 0 Å². The van der Waals surface area contributed by atoms with Gasteiger partial charge in [-0.3, -0.25) is 0 Å². The standard InChI is InChI=1S/C8H13ClO2/c1-4-8(3)6(2)10-7(5-9)11-8/h4,6-7H,1,5H2,2-3H3. The van der Waals surface area contributed by atoms with Crippen LogP contribution < -0.4 is 0 Å². The zero-order valence-electron chi connectivity index (χ0n) is 6.84. The molecule has 0 spiro atoms. The predicted octanol–water partition coefficient (Wildman–Crippen LogP) is 1.93. The molecule has 11 heavy (non-hydrogen) atoms. The summed E-state index contributed by atoms with van der Waals surface area (Å²) in [6.07, 6.45) is 1.50. The highest BCUT2D eigenvalue weighted by molar-refractivity contribution is 6.18. The molecule has 0 aromatic carbocycles. The predicted molar refractivity (Wildman–Crippen MR) is 44.7 cm³/mol. The summed E-state index contributed by atoms with van der Waals surface area (Å²) in [5.41, 5.74) is -0.375. The zero-order valence-corrected chi connectivity index (χ0v) is 7.60. The van der Waals surface area contributed by atoms with E-state index in [1.807, 2.05) is 13.8 Å². The number of hydrogen-bond donors (Lipinski definition) is 0. The Kier molecular flexibility index (Phi) is 2.58. The molecule has 0 aromatic rings. The average Bonchev–Trinajstić information content (AvgIpc) is 2.29. The normalized spacial score (nSPS) is 44.3. The van der Waals surface area contributed by atoms with E-state index in [1.54, 1.807) is 6.08 Å². The summed E-state index contributed by atoms with van der Waals surface area (Å²) in [7, 11) is 0. The molecule has 0 aromatic heterocycles. The lowest BCUT2D eigenvalue weighted by molar-refractivity contribution is -0.0566. The van der Waals surface area contributed by atoms with Gasteiger partial charge in [-0.1, -0.05) is 6.08 Å². The van der Waals surface area contributed by atoms with Crippen LogP contribution in [0.15, 0.2) is 12.7 Å². The number of halogens is 1. The summed E-state index contributed by atoms with van der Waals surface area (Å²) in [5, 5.41) is 0. The van der Waals surface area contributed by atoms with E-state index in [1.165, 1.54) is 0 Å². The van der Waals surface area contributed by atoms with Crippen molar-refractivity contribution in [2.75, 3.05) is 5.88 Å². The molecule has 1 rings (SSSR count). The fourth-order valence-corrected chi connectivity index (χ4v) is 1.19. The Balaban J connectivity index is 2.64. The van der Waals surface area contributed by atoms with Crippen LogP contribution in [-0.4, -0.2) is 23.9 Å². The molecule has 0 saturated carbocycles. The lowest BCUT2D eigenvalue weighted by Gasteiger charge is -2.20. The van der Waals surface area contributed by atoms with E-state index in [-0.39, 0.29) is 18.0 Å². The molecule has 0 amide bonds. The van der Waals surface area contributed by atoms with Crippen LogP contribution >= 0.6 is 11.6 Å².